The predicted octanol–water partition coefficient (Wildman–Crippen LogP) is -2.63. The Balaban J connectivity index is 0. The molecule has 0 heterocycles. The molecule has 0 amide bonds. The summed E-state index contributed by atoms with van der Waals surface area (Å²) in [5, 5.41) is 0. The molecular weight excluding hydrogens is 81.1 g/mol. The van der Waals surface area contributed by atoms with Gasteiger partial charge < -0.3 is 17.1 Å². The Morgan fingerprint density at radius 1 is 1.75 bits per heavy atom. The standard InChI is InChI=1S/CNS.Na/c1-2-3;/q-1;+1. The van der Waals surface area contributed by atoms with E-state index >= 15 is 0 Å². The Bertz CT molecular complexity index is 29.5. The van der Waals surface area contributed by atoms with Gasteiger partial charge in [0.15, 0.2) is 0 Å². The van der Waals surface area contributed by atoms with Gasteiger partial charge in [-0.15, -0.1) is 0 Å². The van der Waals surface area contributed by atoms with Crippen molar-refractivity contribution in [3.63, 3.8) is 0 Å². The van der Waals surface area contributed by atoms with Crippen molar-refractivity contribution in [1.82, 2.24) is 0 Å². The SMILES string of the molecule is [C-]#[N+][S-].[Na+]. The molecule has 0 rings (SSSR count). The van der Waals surface area contributed by atoms with Gasteiger partial charge in [0.1, 0.15) is 0 Å². The van der Waals surface area contributed by atoms with Crippen LogP contribution in [0.5, 0.6) is 0 Å². The van der Waals surface area contributed by atoms with E-state index in [1.165, 1.54) is 0 Å². The summed E-state index contributed by atoms with van der Waals surface area (Å²) in [6.07, 6.45) is 0. The van der Waals surface area contributed by atoms with Crippen LogP contribution in [0, 0.1) is 6.57 Å². The van der Waals surface area contributed by atoms with E-state index in [0.717, 1.165) is 0 Å². The van der Waals surface area contributed by atoms with E-state index in [-0.39, 0.29) is 29.6 Å². The van der Waals surface area contributed by atoms with Gasteiger partial charge in [0.25, 0.3) is 0 Å². The molecule has 0 aliphatic heterocycles. The van der Waals surface area contributed by atoms with Crippen molar-refractivity contribution in [1.29, 1.82) is 0 Å². The van der Waals surface area contributed by atoms with Crippen LogP contribution < -0.4 is 29.6 Å². The van der Waals surface area contributed by atoms with Gasteiger partial charge >= 0.3 is 29.6 Å². The first-order chi connectivity index (χ1) is 1.41. The average Bonchev–Trinajstić information content (AvgIpc) is 0.918. The van der Waals surface area contributed by atoms with Crippen molar-refractivity contribution >= 4 is 12.8 Å². The maximum atomic E-state index is 5.65. The van der Waals surface area contributed by atoms with Crippen molar-refractivity contribution < 1.29 is 29.6 Å². The van der Waals surface area contributed by atoms with Crippen molar-refractivity contribution in [2.45, 2.75) is 0 Å². The molecule has 0 aromatic heterocycles. The molecule has 0 aliphatic rings. The first kappa shape index (κ1) is 8.83. The molecule has 0 unspecified atom stereocenters. The van der Waals surface area contributed by atoms with Gasteiger partial charge in [-0.2, -0.15) is 0 Å². The fourth-order valence-corrected chi connectivity index (χ4v) is 0. The molecule has 0 radical (unpaired) electrons. The first-order valence-electron chi connectivity index (χ1n) is 0.406. The van der Waals surface area contributed by atoms with Crippen LogP contribution in [0.2, 0.25) is 0 Å². The van der Waals surface area contributed by atoms with Crippen LogP contribution in [0.25, 0.3) is 4.25 Å². The smallest absolute Gasteiger partial charge is 0.422 e. The molecule has 0 atom stereocenters. The summed E-state index contributed by atoms with van der Waals surface area (Å²) in [6.45, 7) is 5.65. The van der Waals surface area contributed by atoms with Gasteiger partial charge in [0.05, 0.1) is 0 Å². The number of rotatable bonds is 0. The number of hydrogen-bond acceptors (Lipinski definition) is 1. The molecule has 0 N–H and O–H groups in total. The maximum absolute atomic E-state index is 5.65. The normalized spacial score (nSPS) is 1.75. The minimum absolute atomic E-state index is 0. The van der Waals surface area contributed by atoms with Crippen LogP contribution >= 0.6 is 0 Å². The number of hydrogen-bond donors (Lipinski definition) is 0. The van der Waals surface area contributed by atoms with Crippen molar-refractivity contribution in [3.05, 3.63) is 10.8 Å². The summed E-state index contributed by atoms with van der Waals surface area (Å²) in [7, 11) is 0. The molecule has 0 aromatic rings. The summed E-state index contributed by atoms with van der Waals surface area (Å²) in [6, 6.07) is 0. The molecular formula is CNNaS. The predicted molar refractivity (Wildman–Crippen MR) is 14.0 cm³/mol. The second kappa shape index (κ2) is 9.32. The van der Waals surface area contributed by atoms with Gasteiger partial charge in [-0.05, 0) is 0 Å². The molecule has 4 heavy (non-hydrogen) atoms. The largest absolute Gasteiger partial charge is 1.00 e. The second-order valence-electron chi connectivity index (χ2n) is 0.0913. The minimum atomic E-state index is 0. The van der Waals surface area contributed by atoms with Crippen LogP contribution in [0.4, 0.5) is 0 Å². The molecule has 16 valence electrons. The van der Waals surface area contributed by atoms with Crippen molar-refractivity contribution in [2.75, 3.05) is 0 Å². The first-order valence-corrected chi connectivity index (χ1v) is 0.771. The van der Waals surface area contributed by atoms with Crippen LogP contribution in [-0.4, -0.2) is 0 Å². The Labute approximate surface area is 53.0 Å². The molecule has 0 fully saturated rings. The second-order valence-corrected chi connectivity index (χ2v) is 0.274. The third-order valence-corrected chi connectivity index (χ3v) is 0. The summed E-state index contributed by atoms with van der Waals surface area (Å²) >= 11 is 3.69. The van der Waals surface area contributed by atoms with E-state index < -0.39 is 0 Å². The third-order valence-electron chi connectivity index (χ3n) is 0. The molecule has 0 saturated carbocycles. The zero-order chi connectivity index (χ0) is 2.71. The van der Waals surface area contributed by atoms with E-state index in [9.17, 15) is 0 Å². The summed E-state index contributed by atoms with van der Waals surface area (Å²) in [5.41, 5.74) is 0. The summed E-state index contributed by atoms with van der Waals surface area (Å²) in [5.74, 6) is 0. The fraction of sp³-hybridized carbons (Fsp3) is 0. The molecule has 0 aromatic carbocycles. The fourth-order valence-electron chi connectivity index (χ4n) is 0. The molecule has 0 spiro atoms. The van der Waals surface area contributed by atoms with Crippen LogP contribution in [-0.2, 0) is 12.8 Å². The van der Waals surface area contributed by atoms with Gasteiger partial charge in [-0.3, -0.25) is 6.57 Å². The minimum Gasteiger partial charge on any atom is -0.422 e. The van der Waals surface area contributed by atoms with E-state index in [0.29, 0.717) is 0 Å². The molecule has 0 saturated heterocycles. The molecule has 0 aliphatic carbocycles. The van der Waals surface area contributed by atoms with Crippen LogP contribution in [0.1, 0.15) is 0 Å². The average molecular weight is 81.1 g/mol. The Morgan fingerprint density at radius 2 is 1.75 bits per heavy atom. The molecule has 0 bridgehead atoms. The van der Waals surface area contributed by atoms with E-state index in [1.807, 2.05) is 0 Å². The van der Waals surface area contributed by atoms with E-state index in [2.05, 4.69) is 17.1 Å². The van der Waals surface area contributed by atoms with Gasteiger partial charge in [0, 0.05) is 0 Å². The van der Waals surface area contributed by atoms with Crippen LogP contribution in [0.3, 0.4) is 0 Å². The molecule has 3 heteroatoms. The summed E-state index contributed by atoms with van der Waals surface area (Å²) < 4.78 is 2.33. The zero-order valence-corrected chi connectivity index (χ0v) is 5.17. The maximum Gasteiger partial charge on any atom is 1.00 e. The topological polar surface area (TPSA) is 4.36 Å². The van der Waals surface area contributed by atoms with Gasteiger partial charge in [0.2, 0.25) is 0 Å². The van der Waals surface area contributed by atoms with Gasteiger partial charge in [-0.1, -0.05) is 0 Å². The quantitative estimate of drug-likeness (QED) is 0.175. The Hall–Kier alpha value is 0.710. The zero-order valence-electron chi connectivity index (χ0n) is 2.36. The van der Waals surface area contributed by atoms with Crippen molar-refractivity contribution in [2.24, 2.45) is 0 Å². The van der Waals surface area contributed by atoms with E-state index in [1.54, 1.807) is 0 Å². The Morgan fingerprint density at radius 3 is 1.75 bits per heavy atom. The Kier molecular flexibility index (Phi) is 20.6. The third kappa shape index (κ3) is 15.7. The van der Waals surface area contributed by atoms with Gasteiger partial charge in [-0.25, -0.2) is 0 Å². The number of nitrogens with zero attached hydrogens (tertiary/aromatic N) is 1. The monoisotopic (exact) mass is 81.0 g/mol. The van der Waals surface area contributed by atoms with E-state index in [4.69, 9.17) is 6.57 Å². The van der Waals surface area contributed by atoms with Crippen LogP contribution in [0.15, 0.2) is 0 Å². The molecule has 1 nitrogen and oxygen atoms in total. The summed E-state index contributed by atoms with van der Waals surface area (Å²) in [4.78, 5) is 0. The van der Waals surface area contributed by atoms with Crippen molar-refractivity contribution in [3.8, 4) is 0 Å².